The molecule has 1 amide bonds. The van der Waals surface area contributed by atoms with Crippen LogP contribution in [-0.4, -0.2) is 30.9 Å². The number of hydrogen-bond donors (Lipinski definition) is 0. The molecule has 0 N–H and O–H groups in total. The Morgan fingerprint density at radius 2 is 1.52 bits per heavy atom. The first-order chi connectivity index (χ1) is 11.1. The zero-order valence-electron chi connectivity index (χ0n) is 14.3. The van der Waals surface area contributed by atoms with Crippen LogP contribution in [0.1, 0.15) is 25.0 Å². The van der Waals surface area contributed by atoms with Gasteiger partial charge in [-0.3, -0.25) is 4.79 Å². The van der Waals surface area contributed by atoms with E-state index >= 15 is 0 Å². The van der Waals surface area contributed by atoms with Gasteiger partial charge < -0.3 is 9.80 Å². The smallest absolute Gasteiger partial charge is 0.242 e. The summed E-state index contributed by atoms with van der Waals surface area (Å²) in [4.78, 5) is 16.4. The van der Waals surface area contributed by atoms with E-state index in [1.165, 1.54) is 11.1 Å². The maximum Gasteiger partial charge on any atom is 0.242 e. The summed E-state index contributed by atoms with van der Waals surface area (Å²) in [6.45, 7) is 6.09. The van der Waals surface area contributed by atoms with Gasteiger partial charge in [0.05, 0.1) is 6.54 Å². The average Bonchev–Trinajstić information content (AvgIpc) is 2.60. The first-order valence-electron chi connectivity index (χ1n) is 8.25. The molecule has 0 saturated heterocycles. The molecule has 3 heteroatoms. The molecule has 0 unspecified atom stereocenters. The van der Waals surface area contributed by atoms with Gasteiger partial charge in [0, 0.05) is 25.8 Å². The predicted molar refractivity (Wildman–Crippen MR) is 96.6 cm³/mol. The van der Waals surface area contributed by atoms with Gasteiger partial charge in [0.15, 0.2) is 0 Å². The highest BCUT2D eigenvalue weighted by atomic mass is 16.2. The van der Waals surface area contributed by atoms with Crippen LogP contribution in [-0.2, 0) is 17.8 Å². The summed E-state index contributed by atoms with van der Waals surface area (Å²) >= 11 is 0. The lowest BCUT2D eigenvalue weighted by Gasteiger charge is -2.26. The van der Waals surface area contributed by atoms with Crippen LogP contribution in [0, 0.1) is 0 Å². The van der Waals surface area contributed by atoms with Crippen LogP contribution < -0.4 is 4.90 Å². The van der Waals surface area contributed by atoms with Crippen molar-refractivity contribution in [2.24, 2.45) is 0 Å². The Labute approximate surface area is 139 Å². The Morgan fingerprint density at radius 3 is 2.09 bits per heavy atom. The molecule has 0 spiro atoms. The third-order valence-electron chi connectivity index (χ3n) is 4.11. The van der Waals surface area contributed by atoms with Gasteiger partial charge in [0.25, 0.3) is 0 Å². The molecule has 0 aliphatic carbocycles. The SMILES string of the molecule is CCc1ccc(CN(C)C(=O)CN(CC)c2ccccc2)cc1. The van der Waals surface area contributed by atoms with Crippen LogP contribution in [0.5, 0.6) is 0 Å². The van der Waals surface area contributed by atoms with Gasteiger partial charge in [-0.15, -0.1) is 0 Å². The standard InChI is InChI=1S/C20H26N2O/c1-4-17-11-13-18(14-12-17)15-21(3)20(23)16-22(5-2)19-9-7-6-8-10-19/h6-14H,4-5,15-16H2,1-3H3. The van der Waals surface area contributed by atoms with E-state index in [1.807, 2.05) is 37.4 Å². The lowest BCUT2D eigenvalue weighted by Crippen LogP contribution is -2.38. The highest BCUT2D eigenvalue weighted by molar-refractivity contribution is 5.81. The maximum absolute atomic E-state index is 12.5. The summed E-state index contributed by atoms with van der Waals surface area (Å²) in [7, 11) is 1.87. The van der Waals surface area contributed by atoms with Crippen molar-refractivity contribution in [1.29, 1.82) is 0 Å². The molecule has 0 radical (unpaired) electrons. The molecule has 0 saturated carbocycles. The summed E-state index contributed by atoms with van der Waals surface area (Å²) in [6.07, 6.45) is 1.04. The molecule has 2 rings (SSSR count). The number of hydrogen-bond acceptors (Lipinski definition) is 2. The molecule has 23 heavy (non-hydrogen) atoms. The topological polar surface area (TPSA) is 23.6 Å². The predicted octanol–water partition coefficient (Wildman–Crippen LogP) is 3.73. The minimum absolute atomic E-state index is 0.135. The van der Waals surface area contributed by atoms with E-state index in [4.69, 9.17) is 0 Å². The van der Waals surface area contributed by atoms with Crippen LogP contribution in [0.15, 0.2) is 54.6 Å². The number of nitrogens with zero attached hydrogens (tertiary/aromatic N) is 2. The minimum atomic E-state index is 0.135. The van der Waals surface area contributed by atoms with Crippen molar-refractivity contribution in [2.75, 3.05) is 25.0 Å². The molecular formula is C20H26N2O. The molecule has 0 atom stereocenters. The normalized spacial score (nSPS) is 10.4. The molecule has 3 nitrogen and oxygen atoms in total. The van der Waals surface area contributed by atoms with E-state index in [2.05, 4.69) is 43.0 Å². The monoisotopic (exact) mass is 310 g/mol. The van der Waals surface area contributed by atoms with Crippen LogP contribution in [0.2, 0.25) is 0 Å². The van der Waals surface area contributed by atoms with E-state index in [9.17, 15) is 4.79 Å². The van der Waals surface area contributed by atoms with E-state index in [-0.39, 0.29) is 5.91 Å². The third-order valence-corrected chi connectivity index (χ3v) is 4.11. The number of para-hydroxylation sites is 1. The summed E-state index contributed by atoms with van der Waals surface area (Å²) in [6, 6.07) is 18.6. The van der Waals surface area contributed by atoms with Gasteiger partial charge in [-0.2, -0.15) is 0 Å². The molecular weight excluding hydrogens is 284 g/mol. The summed E-state index contributed by atoms with van der Waals surface area (Å²) in [5.74, 6) is 0.135. The zero-order chi connectivity index (χ0) is 16.7. The molecule has 122 valence electrons. The number of amides is 1. The minimum Gasteiger partial charge on any atom is -0.362 e. The molecule has 2 aromatic carbocycles. The quantitative estimate of drug-likeness (QED) is 0.778. The number of carbonyl (C=O) groups is 1. The fourth-order valence-electron chi connectivity index (χ4n) is 2.55. The highest BCUT2D eigenvalue weighted by Gasteiger charge is 2.14. The van der Waals surface area contributed by atoms with Crippen LogP contribution in [0.4, 0.5) is 5.69 Å². The lowest BCUT2D eigenvalue weighted by atomic mass is 10.1. The summed E-state index contributed by atoms with van der Waals surface area (Å²) in [5.41, 5.74) is 3.58. The number of carbonyl (C=O) groups excluding carboxylic acids is 1. The van der Waals surface area contributed by atoms with E-state index in [0.29, 0.717) is 13.1 Å². The molecule has 0 aliphatic heterocycles. The van der Waals surface area contributed by atoms with Crippen LogP contribution >= 0.6 is 0 Å². The molecule has 0 fully saturated rings. The van der Waals surface area contributed by atoms with E-state index in [0.717, 1.165) is 18.7 Å². The third kappa shape index (κ3) is 4.85. The first kappa shape index (κ1) is 17.1. The largest absolute Gasteiger partial charge is 0.362 e. The van der Waals surface area contributed by atoms with Crippen LogP contribution in [0.25, 0.3) is 0 Å². The second kappa shape index (κ2) is 8.37. The second-order valence-corrected chi connectivity index (χ2v) is 5.77. The molecule has 0 heterocycles. The summed E-state index contributed by atoms with van der Waals surface area (Å²) < 4.78 is 0. The van der Waals surface area contributed by atoms with Gasteiger partial charge >= 0.3 is 0 Å². The average molecular weight is 310 g/mol. The highest BCUT2D eigenvalue weighted by Crippen LogP contribution is 2.13. The van der Waals surface area contributed by atoms with E-state index in [1.54, 1.807) is 4.90 Å². The van der Waals surface area contributed by atoms with Gasteiger partial charge in [0.2, 0.25) is 5.91 Å². The molecule has 2 aromatic rings. The van der Waals surface area contributed by atoms with Crippen molar-refractivity contribution < 1.29 is 4.79 Å². The van der Waals surface area contributed by atoms with Crippen LogP contribution in [0.3, 0.4) is 0 Å². The Balaban J connectivity index is 1.95. The lowest BCUT2D eigenvalue weighted by molar-refractivity contribution is -0.128. The number of rotatable bonds is 7. The molecule has 0 aliphatic rings. The van der Waals surface area contributed by atoms with E-state index < -0.39 is 0 Å². The Kier molecular flexibility index (Phi) is 6.21. The van der Waals surface area contributed by atoms with Crippen molar-refractivity contribution in [3.05, 3.63) is 65.7 Å². The van der Waals surface area contributed by atoms with Crippen molar-refractivity contribution in [3.63, 3.8) is 0 Å². The van der Waals surface area contributed by atoms with Gasteiger partial charge in [0.1, 0.15) is 0 Å². The number of likely N-dealkylation sites (N-methyl/N-ethyl adjacent to an activating group) is 2. The Hall–Kier alpha value is -2.29. The number of benzene rings is 2. The van der Waals surface area contributed by atoms with Crippen molar-refractivity contribution >= 4 is 11.6 Å². The van der Waals surface area contributed by atoms with Crippen molar-refractivity contribution in [2.45, 2.75) is 26.8 Å². The molecule has 0 aromatic heterocycles. The first-order valence-corrected chi connectivity index (χ1v) is 8.25. The van der Waals surface area contributed by atoms with Gasteiger partial charge in [-0.05, 0) is 36.6 Å². The fraction of sp³-hybridized carbons (Fsp3) is 0.350. The van der Waals surface area contributed by atoms with Crippen molar-refractivity contribution in [1.82, 2.24) is 4.90 Å². The maximum atomic E-state index is 12.5. The van der Waals surface area contributed by atoms with Gasteiger partial charge in [-0.25, -0.2) is 0 Å². The Morgan fingerprint density at radius 1 is 0.913 bits per heavy atom. The fourth-order valence-corrected chi connectivity index (χ4v) is 2.55. The molecule has 0 bridgehead atoms. The number of anilines is 1. The number of aryl methyl sites for hydroxylation is 1. The zero-order valence-corrected chi connectivity index (χ0v) is 14.3. The van der Waals surface area contributed by atoms with Crippen molar-refractivity contribution in [3.8, 4) is 0 Å². The summed E-state index contributed by atoms with van der Waals surface area (Å²) in [5, 5.41) is 0. The van der Waals surface area contributed by atoms with Gasteiger partial charge in [-0.1, -0.05) is 49.4 Å². The Bertz CT molecular complexity index is 607. The second-order valence-electron chi connectivity index (χ2n) is 5.77.